The number of likely N-dealkylation sites (tertiary alicyclic amines) is 1. The maximum Gasteiger partial charge on any atom is 0.228 e. The maximum absolute atomic E-state index is 13.0. The van der Waals surface area contributed by atoms with Crippen molar-refractivity contribution in [3.05, 3.63) is 51.7 Å². The molecule has 1 fully saturated rings. The van der Waals surface area contributed by atoms with Crippen LogP contribution in [0.25, 0.3) is 0 Å². The molecule has 2 N–H and O–H groups in total. The van der Waals surface area contributed by atoms with Crippen LogP contribution in [-0.2, 0) is 22.4 Å². The fraction of sp³-hybridized carbons (Fsp3) is 0.500. The molecule has 1 aliphatic heterocycles. The van der Waals surface area contributed by atoms with E-state index in [1.54, 1.807) is 23.5 Å². The Morgan fingerprint density at radius 1 is 1.24 bits per heavy atom. The first-order chi connectivity index (χ1) is 13.1. The van der Waals surface area contributed by atoms with Gasteiger partial charge in [-0.1, -0.05) is 12.1 Å². The third-order valence-corrected chi connectivity index (χ3v) is 5.59. The van der Waals surface area contributed by atoms with Crippen LogP contribution in [0.15, 0.2) is 29.6 Å². The van der Waals surface area contributed by atoms with E-state index in [1.165, 1.54) is 12.1 Å². The van der Waals surface area contributed by atoms with E-state index in [0.717, 1.165) is 48.6 Å². The molecule has 2 aromatic rings. The number of halogens is 3. The fourth-order valence-corrected chi connectivity index (χ4v) is 3.99. The molecule has 3 rings (SSSR count). The summed E-state index contributed by atoms with van der Waals surface area (Å²) in [5.74, 6) is -0.119. The van der Waals surface area contributed by atoms with Crippen molar-refractivity contribution >= 4 is 42.1 Å². The van der Waals surface area contributed by atoms with Crippen LogP contribution < -0.4 is 5.73 Å². The van der Waals surface area contributed by atoms with Crippen LogP contribution in [0.2, 0.25) is 0 Å². The number of carbonyl (C=O) groups excluding carboxylic acids is 1. The van der Waals surface area contributed by atoms with E-state index in [-0.39, 0.29) is 42.6 Å². The number of amides is 1. The summed E-state index contributed by atoms with van der Waals surface area (Å²) >= 11 is 1.54. The quantitative estimate of drug-likeness (QED) is 0.606. The van der Waals surface area contributed by atoms with Crippen molar-refractivity contribution in [2.75, 3.05) is 26.2 Å². The minimum Gasteiger partial charge on any atom is -0.378 e. The molecule has 0 bridgehead atoms. The smallest absolute Gasteiger partial charge is 0.228 e. The number of carbonyl (C=O) groups is 1. The Balaban J connectivity index is 0.00000210. The van der Waals surface area contributed by atoms with Gasteiger partial charge in [0.05, 0.1) is 23.2 Å². The van der Waals surface area contributed by atoms with Crippen LogP contribution in [0.1, 0.15) is 35.5 Å². The standard InChI is InChI=1S/C20H26FN3O2S.2ClH/c21-16-4-2-15(3-5-16)12-19-23-17(14-27-19)13-20(25)24-9-6-18(7-10-24)26-11-1-8-22;;/h2-5,14,18H,1,6-13,22H2;2*1H. The second-order valence-electron chi connectivity index (χ2n) is 6.81. The van der Waals surface area contributed by atoms with Gasteiger partial charge in [0, 0.05) is 31.5 Å². The number of hydrogen-bond acceptors (Lipinski definition) is 5. The second kappa shape index (κ2) is 13.1. The number of nitrogens with zero attached hydrogens (tertiary/aromatic N) is 2. The van der Waals surface area contributed by atoms with Gasteiger partial charge >= 0.3 is 0 Å². The van der Waals surface area contributed by atoms with E-state index in [2.05, 4.69) is 4.98 Å². The first-order valence-electron chi connectivity index (χ1n) is 9.41. The Kier molecular flexibility index (Phi) is 11.7. The monoisotopic (exact) mass is 463 g/mol. The number of rotatable bonds is 8. The van der Waals surface area contributed by atoms with Gasteiger partial charge in [0.15, 0.2) is 0 Å². The molecular weight excluding hydrogens is 436 g/mol. The topological polar surface area (TPSA) is 68.5 Å². The van der Waals surface area contributed by atoms with Gasteiger partial charge in [-0.3, -0.25) is 4.79 Å². The predicted molar refractivity (Wildman–Crippen MR) is 119 cm³/mol. The highest BCUT2D eigenvalue weighted by atomic mass is 35.5. The van der Waals surface area contributed by atoms with Crippen molar-refractivity contribution in [2.24, 2.45) is 5.73 Å². The van der Waals surface area contributed by atoms with Gasteiger partial charge in [-0.15, -0.1) is 36.2 Å². The number of hydrogen-bond donors (Lipinski definition) is 1. The van der Waals surface area contributed by atoms with Crippen LogP contribution in [0.3, 0.4) is 0 Å². The summed E-state index contributed by atoms with van der Waals surface area (Å²) in [6, 6.07) is 6.44. The highest BCUT2D eigenvalue weighted by molar-refractivity contribution is 7.09. The summed E-state index contributed by atoms with van der Waals surface area (Å²) in [5, 5.41) is 2.89. The molecule has 0 atom stereocenters. The molecule has 2 heterocycles. The molecule has 162 valence electrons. The van der Waals surface area contributed by atoms with E-state index in [4.69, 9.17) is 10.5 Å². The Morgan fingerprint density at radius 3 is 2.59 bits per heavy atom. The van der Waals surface area contributed by atoms with E-state index >= 15 is 0 Å². The SMILES string of the molecule is Cl.Cl.NCCCOC1CCN(C(=O)Cc2csc(Cc3ccc(F)cc3)n2)CC1. The molecule has 0 unspecified atom stereocenters. The summed E-state index contributed by atoms with van der Waals surface area (Å²) in [6.07, 6.45) is 3.86. The zero-order valence-electron chi connectivity index (χ0n) is 16.2. The normalized spacial score (nSPS) is 14.2. The number of benzene rings is 1. The van der Waals surface area contributed by atoms with E-state index in [0.29, 0.717) is 26.0 Å². The lowest BCUT2D eigenvalue weighted by Gasteiger charge is -2.32. The van der Waals surface area contributed by atoms with Gasteiger partial charge in [0.1, 0.15) is 5.82 Å². The molecule has 0 saturated carbocycles. The molecule has 9 heteroatoms. The van der Waals surface area contributed by atoms with Crippen LogP contribution >= 0.6 is 36.2 Å². The van der Waals surface area contributed by atoms with Crippen molar-refractivity contribution in [1.29, 1.82) is 0 Å². The highest BCUT2D eigenvalue weighted by Crippen LogP contribution is 2.18. The van der Waals surface area contributed by atoms with Gasteiger partial charge in [-0.05, 0) is 43.5 Å². The van der Waals surface area contributed by atoms with Crippen molar-refractivity contribution in [1.82, 2.24) is 9.88 Å². The molecule has 5 nitrogen and oxygen atoms in total. The molecule has 0 radical (unpaired) electrons. The van der Waals surface area contributed by atoms with Gasteiger partial charge in [-0.2, -0.15) is 0 Å². The molecule has 0 spiro atoms. The van der Waals surface area contributed by atoms with Crippen LogP contribution in [0, 0.1) is 5.82 Å². The molecule has 29 heavy (non-hydrogen) atoms. The first-order valence-corrected chi connectivity index (χ1v) is 10.3. The van der Waals surface area contributed by atoms with Crippen molar-refractivity contribution < 1.29 is 13.9 Å². The fourth-order valence-electron chi connectivity index (χ4n) is 3.16. The lowest BCUT2D eigenvalue weighted by molar-refractivity contribution is -0.133. The molecular formula is C20H28Cl2FN3O2S. The Morgan fingerprint density at radius 2 is 1.93 bits per heavy atom. The van der Waals surface area contributed by atoms with Crippen molar-refractivity contribution in [3.63, 3.8) is 0 Å². The van der Waals surface area contributed by atoms with Gasteiger partial charge in [-0.25, -0.2) is 9.37 Å². The summed E-state index contributed by atoms with van der Waals surface area (Å²) in [6.45, 7) is 2.82. The zero-order chi connectivity index (χ0) is 19.1. The Bertz CT molecular complexity index is 738. The number of aromatic nitrogens is 1. The Hall–Kier alpha value is -1.25. The third kappa shape index (κ3) is 8.18. The lowest BCUT2D eigenvalue weighted by Crippen LogP contribution is -2.41. The highest BCUT2D eigenvalue weighted by Gasteiger charge is 2.23. The molecule has 1 aromatic carbocycles. The van der Waals surface area contributed by atoms with E-state index in [1.807, 2.05) is 10.3 Å². The molecule has 1 saturated heterocycles. The maximum atomic E-state index is 13.0. The van der Waals surface area contributed by atoms with Gasteiger partial charge in [0.25, 0.3) is 0 Å². The van der Waals surface area contributed by atoms with Crippen LogP contribution in [-0.4, -0.2) is 48.1 Å². The third-order valence-electron chi connectivity index (χ3n) is 4.70. The summed E-state index contributed by atoms with van der Waals surface area (Å²) in [5.41, 5.74) is 7.30. The van der Waals surface area contributed by atoms with Crippen LogP contribution in [0.5, 0.6) is 0 Å². The molecule has 1 amide bonds. The average molecular weight is 464 g/mol. The van der Waals surface area contributed by atoms with E-state index in [9.17, 15) is 9.18 Å². The minimum absolute atomic E-state index is 0. The summed E-state index contributed by atoms with van der Waals surface area (Å²) in [4.78, 5) is 19.0. The number of thiazole rings is 1. The van der Waals surface area contributed by atoms with Crippen molar-refractivity contribution in [2.45, 2.75) is 38.2 Å². The van der Waals surface area contributed by atoms with Gasteiger partial charge < -0.3 is 15.4 Å². The van der Waals surface area contributed by atoms with Crippen LogP contribution in [0.4, 0.5) is 4.39 Å². The number of piperidine rings is 1. The molecule has 0 aliphatic carbocycles. The second-order valence-corrected chi connectivity index (χ2v) is 7.75. The average Bonchev–Trinajstić information content (AvgIpc) is 3.11. The van der Waals surface area contributed by atoms with Crippen molar-refractivity contribution in [3.8, 4) is 0 Å². The summed E-state index contributed by atoms with van der Waals surface area (Å²) < 4.78 is 18.8. The van der Waals surface area contributed by atoms with Gasteiger partial charge in [0.2, 0.25) is 5.91 Å². The largest absolute Gasteiger partial charge is 0.378 e. The predicted octanol–water partition coefficient (Wildman–Crippen LogP) is 3.62. The zero-order valence-corrected chi connectivity index (χ0v) is 18.7. The lowest BCUT2D eigenvalue weighted by atomic mass is 10.1. The number of ether oxygens (including phenoxy) is 1. The summed E-state index contributed by atoms with van der Waals surface area (Å²) in [7, 11) is 0. The number of nitrogens with two attached hydrogens (primary N) is 1. The Labute approximate surface area is 187 Å². The first kappa shape index (κ1) is 25.8. The minimum atomic E-state index is -0.238. The van der Waals surface area contributed by atoms with E-state index < -0.39 is 0 Å². The molecule has 1 aliphatic rings. The molecule has 1 aromatic heterocycles.